The van der Waals surface area contributed by atoms with E-state index in [1.165, 1.54) is 12.4 Å². The minimum Gasteiger partial charge on any atom is -0.352 e. The summed E-state index contributed by atoms with van der Waals surface area (Å²) in [5.41, 5.74) is -0.153. The molecule has 0 amide bonds. The fraction of sp³-hybridized carbons (Fsp3) is 0.636. The summed E-state index contributed by atoms with van der Waals surface area (Å²) < 4.78 is 26.0. The highest BCUT2D eigenvalue weighted by Crippen LogP contribution is 2.11. The molecular weight excluding hydrogens is 367 g/mol. The van der Waals surface area contributed by atoms with Gasteiger partial charge in [-0.05, 0) is 20.8 Å². The molecule has 19 heavy (non-hydrogen) atoms. The second kappa shape index (κ2) is 7.61. The van der Waals surface area contributed by atoms with E-state index in [0.717, 1.165) is 4.57 Å². The van der Waals surface area contributed by atoms with Crippen molar-refractivity contribution in [3.63, 3.8) is 0 Å². The normalized spacial score (nSPS) is 12.3. The number of nitrogens with zero attached hydrogens (tertiary/aromatic N) is 3. The van der Waals surface area contributed by atoms with Crippen molar-refractivity contribution in [2.45, 2.75) is 39.4 Å². The number of aliphatic imine (C=N–C) groups is 1. The van der Waals surface area contributed by atoms with Crippen LogP contribution in [0.25, 0.3) is 0 Å². The molecule has 0 unspecified atom stereocenters. The summed E-state index contributed by atoms with van der Waals surface area (Å²) in [6, 6.07) is 0. The molecule has 0 bridgehead atoms. The predicted molar refractivity (Wildman–Crippen MR) is 82.0 cm³/mol. The topological polar surface area (TPSA) is 54.2 Å². The van der Waals surface area contributed by atoms with Gasteiger partial charge in [0, 0.05) is 25.0 Å². The number of imidazole rings is 1. The summed E-state index contributed by atoms with van der Waals surface area (Å²) in [7, 11) is 1.63. The van der Waals surface area contributed by atoms with E-state index in [2.05, 4.69) is 20.6 Å². The Morgan fingerprint density at radius 3 is 2.58 bits per heavy atom. The standard InChI is InChI=1S/C11H19F2N5.HI/c1-11(2,3)17-10(14-4)16-7-8-15-5-6-18(8)9(12)13;/h5-6,9H,7H2,1-4H3,(H2,14,16,17);1H. The van der Waals surface area contributed by atoms with E-state index in [-0.39, 0.29) is 41.9 Å². The molecule has 0 fully saturated rings. The van der Waals surface area contributed by atoms with Crippen molar-refractivity contribution >= 4 is 29.9 Å². The Kier molecular flexibility index (Phi) is 7.24. The Morgan fingerprint density at radius 1 is 1.47 bits per heavy atom. The Labute approximate surface area is 128 Å². The van der Waals surface area contributed by atoms with Crippen LogP contribution in [0.5, 0.6) is 0 Å². The van der Waals surface area contributed by atoms with Crippen molar-refractivity contribution < 1.29 is 8.78 Å². The van der Waals surface area contributed by atoms with Crippen molar-refractivity contribution in [3.8, 4) is 0 Å². The van der Waals surface area contributed by atoms with Gasteiger partial charge in [-0.15, -0.1) is 24.0 Å². The van der Waals surface area contributed by atoms with Gasteiger partial charge in [-0.3, -0.25) is 9.56 Å². The zero-order valence-corrected chi connectivity index (χ0v) is 13.8. The van der Waals surface area contributed by atoms with E-state index in [1.54, 1.807) is 7.05 Å². The number of rotatable bonds is 3. The number of guanidine groups is 1. The van der Waals surface area contributed by atoms with E-state index in [1.807, 2.05) is 20.8 Å². The Hall–Kier alpha value is -0.930. The molecule has 8 heteroatoms. The molecule has 0 atom stereocenters. The third-order valence-corrected chi connectivity index (χ3v) is 2.09. The molecule has 2 N–H and O–H groups in total. The summed E-state index contributed by atoms with van der Waals surface area (Å²) in [6.45, 7) is 3.56. The molecule has 110 valence electrons. The highest BCUT2D eigenvalue weighted by atomic mass is 127. The van der Waals surface area contributed by atoms with Crippen LogP contribution in [0.1, 0.15) is 33.1 Å². The van der Waals surface area contributed by atoms with Crippen LogP contribution < -0.4 is 10.6 Å². The number of nitrogens with one attached hydrogen (secondary N) is 2. The average molecular weight is 387 g/mol. The number of halogens is 3. The third kappa shape index (κ3) is 6.17. The molecule has 0 aliphatic heterocycles. The second-order valence-corrected chi connectivity index (χ2v) is 4.83. The molecular formula is C11H20F2IN5. The summed E-state index contributed by atoms with van der Waals surface area (Å²) in [5, 5.41) is 6.08. The minimum atomic E-state index is -2.58. The number of aromatic nitrogens is 2. The smallest absolute Gasteiger partial charge is 0.319 e. The quantitative estimate of drug-likeness (QED) is 0.476. The second-order valence-electron chi connectivity index (χ2n) is 4.83. The first-order valence-electron chi connectivity index (χ1n) is 5.62. The van der Waals surface area contributed by atoms with Crippen molar-refractivity contribution in [1.82, 2.24) is 20.2 Å². The lowest BCUT2D eigenvalue weighted by atomic mass is 10.1. The van der Waals surface area contributed by atoms with Crippen LogP contribution in [0.15, 0.2) is 17.4 Å². The van der Waals surface area contributed by atoms with Gasteiger partial charge >= 0.3 is 6.55 Å². The monoisotopic (exact) mass is 387 g/mol. The van der Waals surface area contributed by atoms with Gasteiger partial charge in [-0.2, -0.15) is 8.78 Å². The van der Waals surface area contributed by atoms with Crippen molar-refractivity contribution in [2.75, 3.05) is 7.05 Å². The lowest BCUT2D eigenvalue weighted by molar-refractivity contribution is 0.0668. The largest absolute Gasteiger partial charge is 0.352 e. The fourth-order valence-corrected chi connectivity index (χ4v) is 1.36. The molecule has 1 rings (SSSR count). The summed E-state index contributed by atoms with van der Waals surface area (Å²) in [4.78, 5) is 7.90. The molecule has 0 aliphatic rings. The first-order chi connectivity index (χ1) is 8.33. The van der Waals surface area contributed by atoms with Crippen LogP contribution in [-0.4, -0.2) is 28.1 Å². The zero-order valence-electron chi connectivity index (χ0n) is 11.4. The summed E-state index contributed by atoms with van der Waals surface area (Å²) in [5.74, 6) is 0.813. The van der Waals surface area contributed by atoms with Gasteiger partial charge in [0.25, 0.3) is 0 Å². The van der Waals surface area contributed by atoms with E-state index in [0.29, 0.717) is 5.96 Å². The van der Waals surface area contributed by atoms with E-state index < -0.39 is 6.55 Å². The Balaban J connectivity index is 0.00000324. The highest BCUT2D eigenvalue weighted by molar-refractivity contribution is 14.0. The van der Waals surface area contributed by atoms with Gasteiger partial charge in [0.05, 0.1) is 6.54 Å². The number of alkyl halides is 2. The summed E-state index contributed by atoms with van der Waals surface area (Å²) >= 11 is 0. The van der Waals surface area contributed by atoms with Gasteiger partial charge < -0.3 is 10.6 Å². The molecule has 1 heterocycles. The van der Waals surface area contributed by atoms with E-state index in [9.17, 15) is 8.78 Å². The highest BCUT2D eigenvalue weighted by Gasteiger charge is 2.14. The fourth-order valence-electron chi connectivity index (χ4n) is 1.36. The molecule has 1 aromatic heterocycles. The molecule has 5 nitrogen and oxygen atoms in total. The van der Waals surface area contributed by atoms with Crippen LogP contribution in [0, 0.1) is 0 Å². The lowest BCUT2D eigenvalue weighted by Gasteiger charge is -2.23. The van der Waals surface area contributed by atoms with Crippen molar-refractivity contribution in [1.29, 1.82) is 0 Å². The summed E-state index contributed by atoms with van der Waals surface area (Å²) in [6.07, 6.45) is 2.60. The molecule has 0 radical (unpaired) electrons. The minimum absolute atomic E-state index is 0. The van der Waals surface area contributed by atoms with E-state index >= 15 is 0 Å². The zero-order chi connectivity index (χ0) is 13.8. The van der Waals surface area contributed by atoms with Gasteiger partial charge in [0.15, 0.2) is 5.96 Å². The number of hydrogen-bond acceptors (Lipinski definition) is 2. The molecule has 0 aromatic carbocycles. The lowest BCUT2D eigenvalue weighted by Crippen LogP contribution is -2.47. The van der Waals surface area contributed by atoms with Gasteiger partial charge in [0.2, 0.25) is 0 Å². The molecule has 0 saturated carbocycles. The maximum absolute atomic E-state index is 12.6. The van der Waals surface area contributed by atoms with Gasteiger partial charge in [0.1, 0.15) is 5.82 Å². The molecule has 0 aliphatic carbocycles. The molecule has 0 spiro atoms. The Bertz CT molecular complexity index is 411. The van der Waals surface area contributed by atoms with Crippen LogP contribution >= 0.6 is 24.0 Å². The average Bonchev–Trinajstić information content (AvgIpc) is 2.70. The first-order valence-corrected chi connectivity index (χ1v) is 5.62. The molecule has 0 saturated heterocycles. The van der Waals surface area contributed by atoms with E-state index in [4.69, 9.17) is 0 Å². The van der Waals surface area contributed by atoms with Crippen LogP contribution in [0.3, 0.4) is 0 Å². The van der Waals surface area contributed by atoms with Crippen molar-refractivity contribution in [3.05, 3.63) is 18.2 Å². The van der Waals surface area contributed by atoms with Crippen molar-refractivity contribution in [2.24, 2.45) is 4.99 Å². The number of hydrogen-bond donors (Lipinski definition) is 2. The molecule has 1 aromatic rings. The Morgan fingerprint density at radius 2 is 2.11 bits per heavy atom. The van der Waals surface area contributed by atoms with Crippen LogP contribution in [0.2, 0.25) is 0 Å². The van der Waals surface area contributed by atoms with Crippen LogP contribution in [0.4, 0.5) is 8.78 Å². The SMILES string of the molecule is CN=C(NCc1nccn1C(F)F)NC(C)(C)C.I. The first kappa shape index (κ1) is 18.1. The maximum Gasteiger partial charge on any atom is 0.319 e. The van der Waals surface area contributed by atoms with Crippen LogP contribution in [-0.2, 0) is 6.54 Å². The third-order valence-electron chi connectivity index (χ3n) is 2.09. The maximum atomic E-state index is 12.6. The predicted octanol–water partition coefficient (Wildman–Crippen LogP) is 2.36. The van der Waals surface area contributed by atoms with Gasteiger partial charge in [-0.25, -0.2) is 4.98 Å². The van der Waals surface area contributed by atoms with Gasteiger partial charge in [-0.1, -0.05) is 0 Å².